The molecule has 11 atom stereocenters. The minimum absolute atomic E-state index is 0.0659. The lowest BCUT2D eigenvalue weighted by Gasteiger charge is -2.53. The van der Waals surface area contributed by atoms with Gasteiger partial charge in [0.2, 0.25) is 5.79 Å². The number of hydrogen-bond donors (Lipinski definition) is 4. The van der Waals surface area contributed by atoms with Crippen LogP contribution in [0.4, 0.5) is 0 Å². The second-order valence-corrected chi connectivity index (χ2v) is 17.9. The SMILES string of the molecule is CCC/C=C/C=C/C(=O)O[C@H]1/C(=C/C(=O)OC)C[C@H]2C[C@H]([C@@H](C)O)OC(=O)C[C@H](O)C[C@@H]3C[C@H](OC(C)=O)C(C)(C)[C@](O)(C[C@H](C[C@@H](C)OC(C)=O)OC/C=C/C(C)(C)[C@]1(O)O2)O3. The van der Waals surface area contributed by atoms with Crippen LogP contribution < -0.4 is 0 Å². The summed E-state index contributed by atoms with van der Waals surface area (Å²) in [6, 6.07) is 0. The van der Waals surface area contributed by atoms with Gasteiger partial charge < -0.3 is 58.3 Å². The van der Waals surface area contributed by atoms with Crippen LogP contribution in [-0.2, 0) is 61.9 Å². The van der Waals surface area contributed by atoms with E-state index in [4.69, 9.17) is 37.9 Å². The molecule has 0 saturated carbocycles. The van der Waals surface area contributed by atoms with E-state index in [0.717, 1.165) is 32.1 Å². The minimum Gasteiger partial charge on any atom is -0.466 e. The lowest BCUT2D eigenvalue weighted by molar-refractivity contribution is -0.348. The van der Waals surface area contributed by atoms with Crippen molar-refractivity contribution in [2.24, 2.45) is 10.8 Å². The van der Waals surface area contributed by atoms with Crippen LogP contribution in [0.5, 0.6) is 0 Å². The number of aliphatic hydroxyl groups excluding tert-OH is 2. The summed E-state index contributed by atoms with van der Waals surface area (Å²) in [5.41, 5.74) is -2.62. The number of rotatable bonds is 11. The van der Waals surface area contributed by atoms with E-state index in [-0.39, 0.29) is 50.7 Å². The van der Waals surface area contributed by atoms with E-state index >= 15 is 0 Å². The number of ether oxygens (including phenoxy) is 8. The monoisotopic (exact) mass is 894 g/mol. The van der Waals surface area contributed by atoms with Crippen LogP contribution in [0.15, 0.2) is 48.1 Å². The molecular weight excluding hydrogens is 824 g/mol. The van der Waals surface area contributed by atoms with Gasteiger partial charge in [0.05, 0.1) is 56.1 Å². The number of unbranched alkanes of at least 4 members (excludes halogenated alkanes) is 1. The summed E-state index contributed by atoms with van der Waals surface area (Å²) in [6.07, 6.45) is 0.962. The van der Waals surface area contributed by atoms with Crippen molar-refractivity contribution >= 4 is 29.8 Å². The van der Waals surface area contributed by atoms with Crippen molar-refractivity contribution in [1.82, 2.24) is 0 Å². The second kappa shape index (κ2) is 23.3. The Bertz CT molecular complexity index is 1700. The maximum absolute atomic E-state index is 13.4. The lowest BCUT2D eigenvalue weighted by atomic mass is 9.70. The van der Waals surface area contributed by atoms with Gasteiger partial charge in [-0.05, 0) is 32.3 Å². The van der Waals surface area contributed by atoms with E-state index in [1.807, 2.05) is 13.0 Å². The number of fused-ring (bicyclic) bond motifs is 4. The summed E-state index contributed by atoms with van der Waals surface area (Å²) < 4.78 is 46.7. The maximum atomic E-state index is 13.4. The van der Waals surface area contributed by atoms with Crippen molar-refractivity contribution in [2.75, 3.05) is 13.7 Å². The zero-order chi connectivity index (χ0) is 47.3. The van der Waals surface area contributed by atoms with E-state index in [9.17, 15) is 44.4 Å². The highest BCUT2D eigenvalue weighted by Gasteiger charge is 2.59. The molecule has 3 aliphatic rings. The summed E-state index contributed by atoms with van der Waals surface area (Å²) in [6.45, 7) is 13.9. The quantitative estimate of drug-likeness (QED) is 0.0741. The predicted molar refractivity (Wildman–Crippen MR) is 226 cm³/mol. The van der Waals surface area contributed by atoms with Crippen molar-refractivity contribution in [1.29, 1.82) is 0 Å². The standard InChI is InChI=1S/C46H70O17/c1-11-12-13-14-15-17-39(51)61-42-32(22-40(52)56-10)21-34-25-37(29(3)47)60-41(53)24-33(50)23-35-26-38(59-31(5)49)44(8,9)45(54,62-35)27-36(20-28(2)58-30(4)48)57-19-16-18-43(6,7)46(42,55)63-34/h13-18,22,28-29,33-38,42,47,50,54-55H,11-12,19-21,23-27H2,1-10H3/b14-13+,17-15+,18-16+,32-22+/t28-,29-,33-,34+,35-,36+,37-,38+,42+,45+,46-/m1/s1. The Morgan fingerprint density at radius 1 is 0.937 bits per heavy atom. The number of methoxy groups -OCH3 is 1. The van der Waals surface area contributed by atoms with Gasteiger partial charge in [-0.3, -0.25) is 14.4 Å². The van der Waals surface area contributed by atoms with Crippen LogP contribution in [-0.4, -0.2) is 130 Å². The highest BCUT2D eigenvalue weighted by molar-refractivity contribution is 5.84. The highest BCUT2D eigenvalue weighted by atomic mass is 16.7. The summed E-state index contributed by atoms with van der Waals surface area (Å²) in [5, 5.41) is 47.3. The van der Waals surface area contributed by atoms with Crippen molar-refractivity contribution < 1.29 is 82.3 Å². The van der Waals surface area contributed by atoms with Crippen molar-refractivity contribution in [3.63, 3.8) is 0 Å². The van der Waals surface area contributed by atoms with Crippen LogP contribution in [0.1, 0.15) is 120 Å². The first kappa shape index (κ1) is 53.4. The van der Waals surface area contributed by atoms with Gasteiger partial charge in [0, 0.05) is 63.5 Å². The topological polar surface area (TPSA) is 240 Å². The summed E-state index contributed by atoms with van der Waals surface area (Å²) in [5.74, 6) is -8.21. The molecule has 0 spiro atoms. The van der Waals surface area contributed by atoms with E-state index in [0.29, 0.717) is 0 Å². The van der Waals surface area contributed by atoms with Crippen molar-refractivity contribution in [3.8, 4) is 0 Å². The maximum Gasteiger partial charge on any atom is 0.331 e. The number of allylic oxidation sites excluding steroid dienone is 3. The number of carbonyl (C=O) groups is 5. The van der Waals surface area contributed by atoms with Gasteiger partial charge in [-0.15, -0.1) is 0 Å². The second-order valence-electron chi connectivity index (χ2n) is 17.9. The Kier molecular flexibility index (Phi) is 19.7. The van der Waals surface area contributed by atoms with E-state index in [1.165, 1.54) is 26.8 Å². The van der Waals surface area contributed by atoms with Crippen LogP contribution >= 0.6 is 0 Å². The number of carbonyl (C=O) groups excluding carboxylic acids is 5. The molecule has 0 radical (unpaired) electrons. The molecule has 0 unspecified atom stereocenters. The Labute approximate surface area is 370 Å². The van der Waals surface area contributed by atoms with Gasteiger partial charge in [0.1, 0.15) is 18.3 Å². The van der Waals surface area contributed by atoms with Gasteiger partial charge in [0.15, 0.2) is 11.9 Å². The van der Waals surface area contributed by atoms with Crippen molar-refractivity contribution in [2.45, 2.75) is 187 Å². The third-order valence-corrected chi connectivity index (χ3v) is 11.7. The average molecular weight is 895 g/mol. The van der Waals surface area contributed by atoms with Crippen molar-refractivity contribution in [3.05, 3.63) is 48.1 Å². The average Bonchev–Trinajstić information content (AvgIpc) is 3.15. The Morgan fingerprint density at radius 3 is 2.25 bits per heavy atom. The van der Waals surface area contributed by atoms with Gasteiger partial charge in [0.25, 0.3) is 0 Å². The molecular formula is C46H70O17. The molecule has 0 aromatic carbocycles. The molecule has 4 bridgehead atoms. The molecule has 17 nitrogen and oxygen atoms in total. The Morgan fingerprint density at radius 2 is 1.63 bits per heavy atom. The van der Waals surface area contributed by atoms with Crippen LogP contribution in [0.3, 0.4) is 0 Å². The molecule has 4 N–H and O–H groups in total. The van der Waals surface area contributed by atoms with E-state index < -0.39 is 114 Å². The normalized spacial score (nSPS) is 34.0. The smallest absolute Gasteiger partial charge is 0.331 e. The fraction of sp³-hybridized carbons (Fsp3) is 0.717. The Balaban J connectivity index is 2.19. The summed E-state index contributed by atoms with van der Waals surface area (Å²) >= 11 is 0. The van der Waals surface area contributed by atoms with Crippen LogP contribution in [0.25, 0.3) is 0 Å². The zero-order valence-electron chi connectivity index (χ0n) is 38.4. The van der Waals surface area contributed by atoms with Crippen LogP contribution in [0, 0.1) is 10.8 Å². The molecule has 63 heavy (non-hydrogen) atoms. The molecule has 17 heteroatoms. The third kappa shape index (κ3) is 15.0. The first-order chi connectivity index (χ1) is 29.4. The van der Waals surface area contributed by atoms with E-state index in [2.05, 4.69) is 0 Å². The first-order valence-electron chi connectivity index (χ1n) is 21.7. The van der Waals surface area contributed by atoms with Gasteiger partial charge in [-0.2, -0.15) is 0 Å². The molecule has 0 aliphatic carbocycles. The molecule has 3 aliphatic heterocycles. The molecule has 2 fully saturated rings. The first-order valence-corrected chi connectivity index (χ1v) is 21.7. The van der Waals surface area contributed by atoms with Gasteiger partial charge >= 0.3 is 29.8 Å². The molecule has 0 amide bonds. The largest absolute Gasteiger partial charge is 0.466 e. The molecule has 2 saturated heterocycles. The molecule has 0 aromatic heterocycles. The fourth-order valence-corrected chi connectivity index (χ4v) is 8.12. The fourth-order valence-electron chi connectivity index (χ4n) is 8.12. The molecule has 3 heterocycles. The lowest BCUT2D eigenvalue weighted by Crippen LogP contribution is -2.62. The molecule has 356 valence electrons. The van der Waals surface area contributed by atoms with Gasteiger partial charge in [-0.25, -0.2) is 9.59 Å². The summed E-state index contributed by atoms with van der Waals surface area (Å²) in [4.78, 5) is 63.8. The zero-order valence-corrected chi connectivity index (χ0v) is 38.4. The number of hydrogen-bond acceptors (Lipinski definition) is 17. The highest BCUT2D eigenvalue weighted by Crippen LogP contribution is 2.49. The molecule has 0 aromatic rings. The van der Waals surface area contributed by atoms with Crippen LogP contribution in [0.2, 0.25) is 0 Å². The third-order valence-electron chi connectivity index (χ3n) is 11.7. The summed E-state index contributed by atoms with van der Waals surface area (Å²) in [7, 11) is 1.16. The van der Waals surface area contributed by atoms with E-state index in [1.54, 1.807) is 52.8 Å². The number of esters is 5. The minimum atomic E-state index is -2.43. The van der Waals surface area contributed by atoms with Gasteiger partial charge in [-0.1, -0.05) is 71.4 Å². The number of aliphatic hydroxyl groups is 4. The predicted octanol–water partition coefficient (Wildman–Crippen LogP) is 4.36. The molecule has 3 rings (SSSR count). The number of cyclic esters (lactones) is 1. The Hall–Kier alpha value is -3.97.